The zero-order chi connectivity index (χ0) is 37.1. The Morgan fingerprint density at radius 1 is 1.14 bits per heavy atom. The number of carbonyl (C=O) groups excluding carboxylic acids is 4. The van der Waals surface area contributed by atoms with Crippen LogP contribution in [0.5, 0.6) is 11.6 Å². The van der Waals surface area contributed by atoms with Crippen LogP contribution in [-0.4, -0.2) is 91.4 Å². The molecule has 0 radical (unpaired) electrons. The van der Waals surface area contributed by atoms with Gasteiger partial charge in [0, 0.05) is 23.4 Å². The van der Waals surface area contributed by atoms with Crippen molar-refractivity contribution in [1.82, 2.24) is 25.2 Å². The third-order valence-corrected chi connectivity index (χ3v) is 11.4. The average molecular weight is 728 g/mol. The first kappa shape index (κ1) is 37.8. The molecule has 1 aromatic heterocycles. The zero-order valence-corrected chi connectivity index (χ0v) is 30.8. The van der Waals surface area contributed by atoms with Gasteiger partial charge in [-0.2, -0.15) is 0 Å². The van der Waals surface area contributed by atoms with Crippen LogP contribution in [-0.2, 0) is 35.6 Å². The molecule has 51 heavy (non-hydrogen) atoms. The number of ether oxygens (including phenoxy) is 3. The van der Waals surface area contributed by atoms with Crippen LogP contribution in [0.1, 0.15) is 78.2 Å². The number of nitrogens with zero attached hydrogens (tertiary/aromatic N) is 2. The quantitative estimate of drug-likeness (QED) is 0.341. The Labute approximate surface area is 299 Å². The molecule has 1 saturated heterocycles. The molecule has 4 amide bonds. The minimum atomic E-state index is -3.92. The standard InChI is InChI=1S/C36H49N5O9S/c1-7-15-36(5,33(44)40-51(46,47)24-12-13-24)39-30(42)27-20-23-21-41(27)32(43)29(35(2,3)4)38-34(45)49-17-10-8-9-11-22-18-26-25(28(19-22)48-6)14-16-37-31(26)50-23/h7,14,16,18-19,23-24,27,29H,1,8-13,15,17,20-21H2,2-6H3,(H,38,45)(H,39,42)(H,40,44)/t23-,27+,29-,36-/m1/s1. The minimum Gasteiger partial charge on any atom is -0.496 e. The van der Waals surface area contributed by atoms with E-state index in [2.05, 4.69) is 26.9 Å². The van der Waals surface area contributed by atoms with Crippen molar-refractivity contribution in [2.75, 3.05) is 20.3 Å². The molecule has 4 bridgehead atoms. The average Bonchev–Trinajstić information content (AvgIpc) is 3.85. The first-order chi connectivity index (χ1) is 24.1. The first-order valence-corrected chi connectivity index (χ1v) is 19.0. The van der Waals surface area contributed by atoms with Gasteiger partial charge in [0.1, 0.15) is 29.5 Å². The number of pyridine rings is 1. The molecule has 278 valence electrons. The van der Waals surface area contributed by atoms with E-state index in [1.165, 1.54) is 17.9 Å². The van der Waals surface area contributed by atoms with E-state index in [1.807, 2.05) is 18.2 Å². The lowest BCUT2D eigenvalue weighted by Gasteiger charge is -2.36. The monoisotopic (exact) mass is 727 g/mol. The number of hydrogen-bond donors (Lipinski definition) is 3. The van der Waals surface area contributed by atoms with E-state index >= 15 is 0 Å². The summed E-state index contributed by atoms with van der Waals surface area (Å²) < 4.78 is 45.1. The molecule has 5 rings (SSSR count). The Morgan fingerprint density at radius 3 is 2.55 bits per heavy atom. The summed E-state index contributed by atoms with van der Waals surface area (Å²) in [7, 11) is -2.32. The van der Waals surface area contributed by atoms with Gasteiger partial charge < -0.3 is 29.7 Å². The fraction of sp³-hybridized carbons (Fsp3) is 0.583. The van der Waals surface area contributed by atoms with Gasteiger partial charge in [0.15, 0.2) is 0 Å². The van der Waals surface area contributed by atoms with Crippen molar-refractivity contribution >= 4 is 44.6 Å². The molecule has 3 N–H and O–H groups in total. The summed E-state index contributed by atoms with van der Waals surface area (Å²) in [6.45, 7) is 10.6. The van der Waals surface area contributed by atoms with E-state index < -0.39 is 68.2 Å². The summed E-state index contributed by atoms with van der Waals surface area (Å²) in [6.07, 6.45) is 5.36. The Bertz CT molecular complexity index is 1790. The van der Waals surface area contributed by atoms with Crippen molar-refractivity contribution in [2.45, 2.75) is 108 Å². The lowest BCUT2D eigenvalue weighted by molar-refractivity contribution is -0.143. The largest absolute Gasteiger partial charge is 0.496 e. The summed E-state index contributed by atoms with van der Waals surface area (Å²) >= 11 is 0. The molecule has 14 nitrogen and oxygen atoms in total. The summed E-state index contributed by atoms with van der Waals surface area (Å²) in [4.78, 5) is 60.9. The highest BCUT2D eigenvalue weighted by atomic mass is 32.2. The summed E-state index contributed by atoms with van der Waals surface area (Å²) in [5.41, 5.74) is -1.50. The highest BCUT2D eigenvalue weighted by Gasteiger charge is 2.48. The van der Waals surface area contributed by atoms with Crippen LogP contribution in [0.2, 0.25) is 0 Å². The molecule has 2 fully saturated rings. The molecule has 4 atom stereocenters. The van der Waals surface area contributed by atoms with Crippen LogP contribution in [0.15, 0.2) is 37.1 Å². The topological polar surface area (TPSA) is 182 Å². The van der Waals surface area contributed by atoms with Crippen LogP contribution in [0.25, 0.3) is 10.8 Å². The maximum atomic E-state index is 14.4. The van der Waals surface area contributed by atoms with Crippen LogP contribution in [0.4, 0.5) is 4.79 Å². The third kappa shape index (κ3) is 8.74. The van der Waals surface area contributed by atoms with Crippen LogP contribution in [0.3, 0.4) is 0 Å². The van der Waals surface area contributed by atoms with Crippen LogP contribution >= 0.6 is 0 Å². The van der Waals surface area contributed by atoms with Gasteiger partial charge in [-0.05, 0) is 81.0 Å². The Hall–Kier alpha value is -4.40. The lowest BCUT2D eigenvalue weighted by Crippen LogP contribution is -2.62. The van der Waals surface area contributed by atoms with Crippen molar-refractivity contribution in [3.8, 4) is 11.6 Å². The molecule has 0 spiro atoms. The zero-order valence-electron chi connectivity index (χ0n) is 30.0. The molecule has 3 aliphatic rings. The lowest BCUT2D eigenvalue weighted by atomic mass is 9.85. The molecule has 1 aliphatic carbocycles. The number of aryl methyl sites for hydroxylation is 1. The number of carbonyl (C=O) groups is 4. The van der Waals surface area contributed by atoms with E-state index in [1.54, 1.807) is 34.1 Å². The number of rotatable bonds is 8. The fourth-order valence-corrected chi connectivity index (χ4v) is 7.92. The normalized spacial score (nSPS) is 23.2. The van der Waals surface area contributed by atoms with Crippen molar-refractivity contribution in [3.05, 3.63) is 42.6 Å². The molecular weight excluding hydrogens is 678 g/mol. The summed E-state index contributed by atoms with van der Waals surface area (Å²) in [5.74, 6) is -1.20. The number of hydrogen-bond acceptors (Lipinski definition) is 10. The molecule has 3 heterocycles. The molecule has 2 aliphatic heterocycles. The summed E-state index contributed by atoms with van der Waals surface area (Å²) in [5, 5.41) is 6.29. The predicted molar refractivity (Wildman–Crippen MR) is 190 cm³/mol. The molecular formula is C36H49N5O9S. The number of fused-ring (bicyclic) bond motifs is 3. The van der Waals surface area contributed by atoms with Crippen molar-refractivity contribution in [1.29, 1.82) is 0 Å². The van der Waals surface area contributed by atoms with Gasteiger partial charge in [-0.1, -0.05) is 26.8 Å². The number of benzene rings is 1. The Kier molecular flexibility index (Phi) is 11.2. The van der Waals surface area contributed by atoms with Gasteiger partial charge in [-0.15, -0.1) is 6.58 Å². The second-order valence-electron chi connectivity index (χ2n) is 14.9. The van der Waals surface area contributed by atoms with Crippen LogP contribution < -0.4 is 24.8 Å². The van der Waals surface area contributed by atoms with Gasteiger partial charge in [0.25, 0.3) is 5.91 Å². The molecule has 15 heteroatoms. The van der Waals surface area contributed by atoms with Gasteiger partial charge in [0.05, 0.1) is 25.5 Å². The smallest absolute Gasteiger partial charge is 0.407 e. The van der Waals surface area contributed by atoms with Gasteiger partial charge in [-0.3, -0.25) is 19.1 Å². The van der Waals surface area contributed by atoms with E-state index in [0.717, 1.165) is 30.2 Å². The second kappa shape index (κ2) is 15.1. The van der Waals surface area contributed by atoms with E-state index in [-0.39, 0.29) is 26.0 Å². The predicted octanol–water partition coefficient (Wildman–Crippen LogP) is 3.52. The maximum Gasteiger partial charge on any atom is 0.407 e. The number of amides is 4. The minimum absolute atomic E-state index is 0.0138. The second-order valence-corrected chi connectivity index (χ2v) is 16.8. The number of alkyl carbamates (subject to hydrolysis) is 1. The van der Waals surface area contributed by atoms with E-state index in [4.69, 9.17) is 14.2 Å². The van der Waals surface area contributed by atoms with Crippen molar-refractivity contribution < 1.29 is 41.8 Å². The fourth-order valence-electron chi connectivity index (χ4n) is 6.52. The van der Waals surface area contributed by atoms with E-state index in [0.29, 0.717) is 36.3 Å². The SMILES string of the molecule is C=CC[C@@](C)(NC(=O)[C@@H]1C[C@@H]2CN1C(=O)[C@H](C(C)(C)C)NC(=O)OCCCCCc1cc(OC)c3ccnc(c3c1)O2)C(=O)NS(=O)(=O)C1CC1. The van der Waals surface area contributed by atoms with Gasteiger partial charge in [-0.25, -0.2) is 18.2 Å². The highest BCUT2D eigenvalue weighted by molar-refractivity contribution is 7.91. The number of nitrogens with one attached hydrogen (secondary N) is 3. The van der Waals surface area contributed by atoms with Crippen molar-refractivity contribution in [3.63, 3.8) is 0 Å². The maximum absolute atomic E-state index is 14.4. The molecule has 0 unspecified atom stereocenters. The molecule has 2 aromatic rings. The molecule has 1 aromatic carbocycles. The third-order valence-electron chi connectivity index (χ3n) is 9.58. The highest BCUT2D eigenvalue weighted by Crippen LogP contribution is 2.35. The summed E-state index contributed by atoms with van der Waals surface area (Å²) in [6, 6.07) is 3.56. The van der Waals surface area contributed by atoms with Gasteiger partial charge in [0.2, 0.25) is 27.7 Å². The van der Waals surface area contributed by atoms with Crippen molar-refractivity contribution in [2.24, 2.45) is 5.41 Å². The van der Waals surface area contributed by atoms with Gasteiger partial charge >= 0.3 is 6.09 Å². The first-order valence-electron chi connectivity index (χ1n) is 17.4. The van der Waals surface area contributed by atoms with E-state index in [9.17, 15) is 27.6 Å². The number of cyclic esters (lactones) is 1. The Balaban J connectivity index is 1.52. The number of sulfonamides is 1. The number of aromatic nitrogens is 1. The van der Waals surface area contributed by atoms with Crippen LogP contribution in [0, 0.1) is 5.41 Å². The Morgan fingerprint density at radius 2 is 1.88 bits per heavy atom. The molecule has 1 saturated carbocycles. The number of methoxy groups -OCH3 is 1.